The molecule has 0 fully saturated rings. The van der Waals surface area contributed by atoms with Crippen molar-refractivity contribution < 1.29 is 0 Å². The van der Waals surface area contributed by atoms with Crippen LogP contribution < -0.4 is 0 Å². The van der Waals surface area contributed by atoms with Crippen molar-refractivity contribution in [1.82, 2.24) is 9.80 Å². The molecule has 0 saturated heterocycles. The summed E-state index contributed by atoms with van der Waals surface area (Å²) in [5.41, 5.74) is 2.75. The molecule has 1 heterocycles. The van der Waals surface area contributed by atoms with E-state index in [1.807, 2.05) is 0 Å². The third-order valence-electron chi connectivity index (χ3n) is 3.54. The highest BCUT2D eigenvalue weighted by Crippen LogP contribution is 2.40. The Morgan fingerprint density at radius 3 is 2.40 bits per heavy atom. The van der Waals surface area contributed by atoms with Gasteiger partial charge >= 0.3 is 0 Å². The molecule has 2 unspecified atom stereocenters. The molecule has 1 aliphatic rings. The quantitative estimate of drug-likeness (QED) is 0.703. The van der Waals surface area contributed by atoms with Gasteiger partial charge in [0.05, 0.1) is 0 Å². The summed E-state index contributed by atoms with van der Waals surface area (Å²) >= 11 is 0. The summed E-state index contributed by atoms with van der Waals surface area (Å²) in [6.07, 6.45) is 1.19. The minimum atomic E-state index is 0.488. The second-order valence-electron chi connectivity index (χ2n) is 4.75. The Morgan fingerprint density at radius 1 is 1.47 bits per heavy atom. The molecule has 1 rings (SSSR count). The van der Waals surface area contributed by atoms with Gasteiger partial charge in [-0.1, -0.05) is 27.4 Å². The molecule has 2 atom stereocenters. The Hall–Kier alpha value is -0.920. The molecule has 2 heteroatoms. The summed E-state index contributed by atoms with van der Waals surface area (Å²) in [4.78, 5) is 4.43. The average Bonchev–Trinajstić information content (AvgIpc) is 2.41. The monoisotopic (exact) mass is 208 g/mol. The van der Waals surface area contributed by atoms with Gasteiger partial charge in [0.15, 0.2) is 0 Å². The first-order chi connectivity index (χ1) is 6.91. The molecule has 2 nitrogen and oxygen atoms in total. The van der Waals surface area contributed by atoms with E-state index >= 15 is 0 Å². The number of nitrogens with zero attached hydrogens (tertiary/aromatic N) is 2. The van der Waals surface area contributed by atoms with E-state index in [4.69, 9.17) is 0 Å². The van der Waals surface area contributed by atoms with Crippen molar-refractivity contribution in [3.63, 3.8) is 0 Å². The Bertz CT molecular complexity index is 289. The Labute approximate surface area is 94.3 Å². The van der Waals surface area contributed by atoms with Crippen LogP contribution >= 0.6 is 0 Å². The van der Waals surface area contributed by atoms with Crippen molar-refractivity contribution in [3.05, 3.63) is 23.7 Å². The lowest BCUT2D eigenvalue weighted by Crippen LogP contribution is -2.24. The summed E-state index contributed by atoms with van der Waals surface area (Å²) in [6, 6.07) is 0. The second kappa shape index (κ2) is 4.30. The maximum Gasteiger partial charge on any atom is 0.107 e. The summed E-state index contributed by atoms with van der Waals surface area (Å²) in [6.45, 7) is 11.0. The summed E-state index contributed by atoms with van der Waals surface area (Å²) in [7, 11) is 6.34. The van der Waals surface area contributed by atoms with Gasteiger partial charge in [0.1, 0.15) is 5.82 Å². The molecule has 0 aromatic rings. The molecule has 1 aliphatic heterocycles. The second-order valence-corrected chi connectivity index (χ2v) is 4.75. The highest BCUT2D eigenvalue weighted by atomic mass is 15.3. The van der Waals surface area contributed by atoms with Crippen LogP contribution in [0.3, 0.4) is 0 Å². The molecule has 0 saturated carbocycles. The zero-order valence-corrected chi connectivity index (χ0v) is 11.0. The molecular formula is C13H24N2. The van der Waals surface area contributed by atoms with Gasteiger partial charge in [-0.2, -0.15) is 0 Å². The molecule has 86 valence electrons. The first kappa shape index (κ1) is 12.2. The van der Waals surface area contributed by atoms with Crippen molar-refractivity contribution in [2.24, 2.45) is 11.8 Å². The lowest BCUT2D eigenvalue weighted by molar-refractivity contribution is 0.356. The molecule has 0 amide bonds. The number of rotatable bonds is 3. The Kier molecular flexibility index (Phi) is 3.48. The number of hydrogen-bond acceptors (Lipinski definition) is 2. The first-order valence-electron chi connectivity index (χ1n) is 5.75. The molecule has 0 radical (unpaired) electrons. The van der Waals surface area contributed by atoms with Gasteiger partial charge in [0.2, 0.25) is 0 Å². The molecular weight excluding hydrogens is 184 g/mol. The first-order valence-corrected chi connectivity index (χ1v) is 5.75. The van der Waals surface area contributed by atoms with E-state index in [9.17, 15) is 0 Å². The van der Waals surface area contributed by atoms with Gasteiger partial charge in [-0.3, -0.25) is 0 Å². The number of hydrogen-bond donors (Lipinski definition) is 0. The van der Waals surface area contributed by atoms with Crippen molar-refractivity contribution in [2.75, 3.05) is 21.1 Å². The predicted molar refractivity (Wildman–Crippen MR) is 66.2 cm³/mol. The Morgan fingerprint density at radius 2 is 2.00 bits per heavy atom. The van der Waals surface area contributed by atoms with E-state index < -0.39 is 0 Å². The van der Waals surface area contributed by atoms with Crippen LogP contribution in [0, 0.1) is 11.8 Å². The van der Waals surface area contributed by atoms with E-state index in [1.54, 1.807) is 0 Å². The van der Waals surface area contributed by atoms with Crippen LogP contribution in [-0.2, 0) is 0 Å². The zero-order valence-electron chi connectivity index (χ0n) is 11.0. The summed E-state index contributed by atoms with van der Waals surface area (Å²) < 4.78 is 0. The maximum absolute atomic E-state index is 4.17. The Balaban J connectivity index is 3.17. The SMILES string of the molecule is C=C1C(C)C(C(C)CC)=C(N(C)C)N1C. The molecule has 15 heavy (non-hydrogen) atoms. The van der Waals surface area contributed by atoms with E-state index in [-0.39, 0.29) is 0 Å². The predicted octanol–water partition coefficient (Wildman–Crippen LogP) is 2.90. The van der Waals surface area contributed by atoms with Gasteiger partial charge in [-0.25, -0.2) is 0 Å². The summed E-state index contributed by atoms with van der Waals surface area (Å²) in [5.74, 6) is 2.46. The fourth-order valence-electron chi connectivity index (χ4n) is 2.42. The normalized spacial score (nSPS) is 23.7. The van der Waals surface area contributed by atoms with Crippen molar-refractivity contribution in [1.29, 1.82) is 0 Å². The molecule has 0 N–H and O–H groups in total. The van der Waals surface area contributed by atoms with Gasteiger partial charge in [-0.15, -0.1) is 0 Å². The van der Waals surface area contributed by atoms with Crippen LogP contribution in [0.1, 0.15) is 27.2 Å². The van der Waals surface area contributed by atoms with Crippen LogP contribution in [0.25, 0.3) is 0 Å². The lowest BCUT2D eigenvalue weighted by Gasteiger charge is -2.25. The van der Waals surface area contributed by atoms with Crippen LogP contribution in [-0.4, -0.2) is 30.9 Å². The minimum Gasteiger partial charge on any atom is -0.364 e. The largest absolute Gasteiger partial charge is 0.364 e. The smallest absolute Gasteiger partial charge is 0.107 e. The van der Waals surface area contributed by atoms with Crippen molar-refractivity contribution in [2.45, 2.75) is 27.2 Å². The van der Waals surface area contributed by atoms with Crippen molar-refractivity contribution in [3.8, 4) is 0 Å². The van der Waals surface area contributed by atoms with Crippen LogP contribution in [0.2, 0.25) is 0 Å². The molecule has 0 aromatic heterocycles. The average molecular weight is 208 g/mol. The highest BCUT2D eigenvalue weighted by molar-refractivity contribution is 5.33. The standard InChI is InChI=1S/C13H24N2/c1-8-9(2)12-10(3)11(4)15(7)13(12)14(5)6/h9-10H,4,8H2,1-3,5-7H3. The summed E-state index contributed by atoms with van der Waals surface area (Å²) in [5, 5.41) is 0. The molecule has 0 spiro atoms. The van der Waals surface area contributed by atoms with E-state index in [0.29, 0.717) is 11.8 Å². The molecule has 0 aliphatic carbocycles. The topological polar surface area (TPSA) is 6.48 Å². The van der Waals surface area contributed by atoms with Crippen LogP contribution in [0.15, 0.2) is 23.7 Å². The molecule has 0 bridgehead atoms. The molecule has 0 aromatic carbocycles. The van der Waals surface area contributed by atoms with E-state index in [2.05, 4.69) is 58.3 Å². The number of allylic oxidation sites excluding steroid dienone is 1. The van der Waals surface area contributed by atoms with Crippen LogP contribution in [0.5, 0.6) is 0 Å². The third kappa shape index (κ3) is 1.90. The van der Waals surface area contributed by atoms with E-state index in [0.717, 1.165) is 0 Å². The lowest BCUT2D eigenvalue weighted by atomic mass is 9.89. The highest BCUT2D eigenvalue weighted by Gasteiger charge is 2.33. The fraction of sp³-hybridized carbons (Fsp3) is 0.692. The van der Waals surface area contributed by atoms with Gasteiger partial charge < -0.3 is 9.80 Å². The van der Waals surface area contributed by atoms with Gasteiger partial charge in [0.25, 0.3) is 0 Å². The zero-order chi connectivity index (χ0) is 11.7. The maximum atomic E-state index is 4.17. The fourth-order valence-corrected chi connectivity index (χ4v) is 2.42. The van der Waals surface area contributed by atoms with E-state index in [1.165, 1.54) is 23.5 Å². The minimum absolute atomic E-state index is 0.488. The third-order valence-corrected chi connectivity index (χ3v) is 3.54. The van der Waals surface area contributed by atoms with Gasteiger partial charge in [-0.05, 0) is 17.9 Å². The van der Waals surface area contributed by atoms with Gasteiger partial charge in [0, 0.05) is 32.8 Å². The van der Waals surface area contributed by atoms with Crippen LogP contribution in [0.4, 0.5) is 0 Å². The van der Waals surface area contributed by atoms with Crippen molar-refractivity contribution >= 4 is 0 Å².